The molecule has 0 radical (unpaired) electrons. The molecule has 6 rings (SSSR count). The van der Waals surface area contributed by atoms with Crippen molar-refractivity contribution in [1.29, 1.82) is 0 Å². The van der Waals surface area contributed by atoms with Crippen LogP contribution in [0.5, 0.6) is 5.75 Å². The summed E-state index contributed by atoms with van der Waals surface area (Å²) >= 11 is 0. The topological polar surface area (TPSA) is 144 Å². The summed E-state index contributed by atoms with van der Waals surface area (Å²) in [7, 11) is 0. The highest BCUT2D eigenvalue weighted by Gasteiger charge is 2.29. The van der Waals surface area contributed by atoms with Gasteiger partial charge in [-0.05, 0) is 73.3 Å². The van der Waals surface area contributed by atoms with Crippen LogP contribution in [0.15, 0.2) is 24.3 Å². The van der Waals surface area contributed by atoms with Gasteiger partial charge in [-0.3, -0.25) is 19.6 Å². The third-order valence-electron chi connectivity index (χ3n) is 8.24. The quantitative estimate of drug-likeness (QED) is 0.284. The molecule has 0 unspecified atom stereocenters. The van der Waals surface area contributed by atoms with Crippen LogP contribution in [0.2, 0.25) is 0 Å². The van der Waals surface area contributed by atoms with E-state index in [0.717, 1.165) is 5.69 Å². The molecular weight excluding hydrogens is 532 g/mol. The Morgan fingerprint density at radius 3 is 2.63 bits per heavy atom. The molecule has 10 nitrogen and oxygen atoms in total. The number of fused-ring (bicyclic) bond motifs is 2. The molecule has 0 atom stereocenters. The van der Waals surface area contributed by atoms with Gasteiger partial charge in [0.25, 0.3) is 0 Å². The fraction of sp³-hybridized carbons (Fsp3) is 0.379. The highest BCUT2D eigenvalue weighted by molar-refractivity contribution is 5.94. The highest BCUT2D eigenvalue weighted by Crippen LogP contribution is 2.35. The van der Waals surface area contributed by atoms with Gasteiger partial charge in [0.1, 0.15) is 11.5 Å². The molecule has 2 aliphatic rings. The zero-order chi connectivity index (χ0) is 28.8. The number of piperidine rings is 1. The molecule has 12 heteroatoms. The maximum absolute atomic E-state index is 15.5. The van der Waals surface area contributed by atoms with Crippen LogP contribution in [0.4, 0.5) is 8.78 Å². The number of imidazole rings is 1. The predicted molar refractivity (Wildman–Crippen MR) is 148 cm³/mol. The molecule has 2 amide bonds. The van der Waals surface area contributed by atoms with Crippen LogP contribution in [0, 0.1) is 17.6 Å². The molecule has 1 fully saturated rings. The van der Waals surface area contributed by atoms with Crippen molar-refractivity contribution in [3.05, 3.63) is 52.9 Å². The van der Waals surface area contributed by atoms with Crippen molar-refractivity contribution in [2.45, 2.75) is 39.2 Å². The van der Waals surface area contributed by atoms with Crippen molar-refractivity contribution in [3.8, 4) is 28.4 Å². The van der Waals surface area contributed by atoms with Crippen LogP contribution in [0.3, 0.4) is 0 Å². The van der Waals surface area contributed by atoms with Crippen LogP contribution in [0.1, 0.15) is 36.7 Å². The fourth-order valence-electron chi connectivity index (χ4n) is 5.88. The highest BCUT2D eigenvalue weighted by atomic mass is 19.1. The van der Waals surface area contributed by atoms with Gasteiger partial charge >= 0.3 is 0 Å². The number of phenols is 1. The second-order valence-electron chi connectivity index (χ2n) is 10.8. The number of H-pyrrole nitrogens is 2. The number of benzene rings is 2. The third-order valence-corrected chi connectivity index (χ3v) is 8.24. The summed E-state index contributed by atoms with van der Waals surface area (Å²) < 4.78 is 29.7. The standard InChI is InChI=1S/C29H31F2N7O3/c1-2-15-11-24(39)19(30)12-18(15)17-9-20(31)26-22(10-17)35-36-27(26)29-33-21-5-8-38(13-23(21)34-29)25(40)14-37-6-3-16(4-7-37)28(32)41/h9-12,16,39H,2-8,13-14H2,1H3,(H2,32,41)(H,33,34)(H,35,36). The summed E-state index contributed by atoms with van der Waals surface area (Å²) in [6.07, 6.45) is 2.44. The molecule has 2 aromatic carbocycles. The van der Waals surface area contributed by atoms with Crippen molar-refractivity contribution < 1.29 is 23.5 Å². The molecule has 2 aliphatic heterocycles. The Labute approximate surface area is 234 Å². The number of halogens is 2. The number of aryl methyl sites for hydroxylation is 1. The summed E-state index contributed by atoms with van der Waals surface area (Å²) in [5.41, 5.74) is 9.41. The zero-order valence-electron chi connectivity index (χ0n) is 22.6. The third kappa shape index (κ3) is 5.03. The molecule has 2 aromatic heterocycles. The lowest BCUT2D eigenvalue weighted by Crippen LogP contribution is -2.46. The van der Waals surface area contributed by atoms with E-state index in [1.54, 1.807) is 11.0 Å². The van der Waals surface area contributed by atoms with Gasteiger partial charge in [0.15, 0.2) is 17.4 Å². The number of primary amides is 1. The number of aromatic nitrogens is 4. The molecule has 0 aliphatic carbocycles. The molecule has 5 N–H and O–H groups in total. The van der Waals surface area contributed by atoms with Crippen molar-refractivity contribution in [1.82, 2.24) is 30.0 Å². The maximum Gasteiger partial charge on any atom is 0.237 e. The average Bonchev–Trinajstić information content (AvgIpc) is 3.58. The lowest BCUT2D eigenvalue weighted by atomic mass is 9.96. The van der Waals surface area contributed by atoms with Crippen molar-refractivity contribution in [2.75, 3.05) is 26.2 Å². The van der Waals surface area contributed by atoms with Gasteiger partial charge in [-0.1, -0.05) is 6.92 Å². The summed E-state index contributed by atoms with van der Waals surface area (Å²) in [5, 5.41) is 17.2. The lowest BCUT2D eigenvalue weighted by molar-refractivity contribution is -0.133. The van der Waals surface area contributed by atoms with Crippen LogP contribution >= 0.6 is 0 Å². The van der Waals surface area contributed by atoms with E-state index in [-0.39, 0.29) is 29.7 Å². The molecule has 214 valence electrons. The van der Waals surface area contributed by atoms with E-state index >= 15 is 4.39 Å². The molecule has 0 bridgehead atoms. The normalized spacial score (nSPS) is 16.3. The van der Waals surface area contributed by atoms with Crippen LogP contribution in [0.25, 0.3) is 33.5 Å². The van der Waals surface area contributed by atoms with Crippen molar-refractivity contribution in [2.24, 2.45) is 11.7 Å². The van der Waals surface area contributed by atoms with Gasteiger partial charge in [-0.2, -0.15) is 5.10 Å². The number of nitrogens with two attached hydrogens (primary N) is 1. The molecule has 1 saturated heterocycles. The number of amides is 2. The number of hydrogen-bond donors (Lipinski definition) is 4. The van der Waals surface area contributed by atoms with Crippen molar-refractivity contribution >= 4 is 22.7 Å². The number of phenolic OH excluding ortho intramolecular Hbond substituents is 1. The number of likely N-dealkylation sites (tertiary alicyclic amines) is 1. The number of aromatic amines is 2. The predicted octanol–water partition coefficient (Wildman–Crippen LogP) is 3.25. The largest absolute Gasteiger partial charge is 0.505 e. The Kier molecular flexibility index (Phi) is 6.94. The maximum atomic E-state index is 15.5. The van der Waals surface area contributed by atoms with E-state index < -0.39 is 17.4 Å². The molecule has 0 spiro atoms. The minimum Gasteiger partial charge on any atom is -0.505 e. The Morgan fingerprint density at radius 2 is 1.90 bits per heavy atom. The first-order chi connectivity index (χ1) is 19.7. The number of rotatable bonds is 6. The van der Waals surface area contributed by atoms with Gasteiger partial charge in [-0.15, -0.1) is 0 Å². The molecule has 4 heterocycles. The number of nitrogens with zero attached hydrogens (tertiary/aromatic N) is 4. The summed E-state index contributed by atoms with van der Waals surface area (Å²) in [5.74, 6) is -1.76. The Bertz CT molecular complexity index is 1660. The van der Waals surface area contributed by atoms with E-state index in [4.69, 9.17) is 5.73 Å². The van der Waals surface area contributed by atoms with E-state index in [9.17, 15) is 19.1 Å². The van der Waals surface area contributed by atoms with Gasteiger partial charge in [0, 0.05) is 24.6 Å². The Hall–Kier alpha value is -4.32. The van der Waals surface area contributed by atoms with Crippen LogP contribution < -0.4 is 5.73 Å². The summed E-state index contributed by atoms with van der Waals surface area (Å²) in [6, 6.07) is 5.61. The second-order valence-corrected chi connectivity index (χ2v) is 10.8. The van der Waals surface area contributed by atoms with Crippen molar-refractivity contribution in [3.63, 3.8) is 0 Å². The van der Waals surface area contributed by atoms with Gasteiger partial charge < -0.3 is 20.7 Å². The van der Waals surface area contributed by atoms with Crippen LogP contribution in [-0.4, -0.2) is 73.1 Å². The number of carbonyl (C=O) groups excluding carboxylic acids is 2. The Morgan fingerprint density at radius 1 is 1.12 bits per heavy atom. The van der Waals surface area contributed by atoms with Gasteiger partial charge in [0.05, 0.1) is 29.7 Å². The van der Waals surface area contributed by atoms with Gasteiger partial charge in [0.2, 0.25) is 11.8 Å². The number of hydrogen-bond acceptors (Lipinski definition) is 6. The van der Waals surface area contributed by atoms with E-state index in [1.807, 2.05) is 6.92 Å². The summed E-state index contributed by atoms with van der Waals surface area (Å²) in [6.45, 7) is 4.34. The second kappa shape index (κ2) is 10.6. The number of nitrogens with one attached hydrogen (secondary N) is 2. The molecule has 0 saturated carbocycles. The summed E-state index contributed by atoms with van der Waals surface area (Å²) in [4.78, 5) is 36.2. The SMILES string of the molecule is CCc1cc(O)c(F)cc1-c1cc(F)c2c(-c3nc4c([nH]3)CCN(C(=O)CN3CCC(C(N)=O)CC3)C4)n[nH]c2c1. The average molecular weight is 564 g/mol. The fourth-order valence-corrected chi connectivity index (χ4v) is 5.88. The smallest absolute Gasteiger partial charge is 0.237 e. The van der Waals surface area contributed by atoms with Crippen LogP contribution in [-0.2, 0) is 29.0 Å². The minimum absolute atomic E-state index is 0.00126. The van der Waals surface area contributed by atoms with E-state index in [2.05, 4.69) is 25.1 Å². The van der Waals surface area contributed by atoms with Gasteiger partial charge in [-0.25, -0.2) is 13.8 Å². The zero-order valence-corrected chi connectivity index (χ0v) is 22.6. The molecular formula is C29H31F2N7O3. The first kappa shape index (κ1) is 26.9. The molecule has 4 aromatic rings. The Balaban J connectivity index is 1.21. The number of carbonyl (C=O) groups is 2. The number of aromatic hydroxyl groups is 1. The monoisotopic (exact) mass is 563 g/mol. The van der Waals surface area contributed by atoms with E-state index in [0.29, 0.717) is 91.3 Å². The first-order valence-corrected chi connectivity index (χ1v) is 13.8. The first-order valence-electron chi connectivity index (χ1n) is 13.8. The molecule has 41 heavy (non-hydrogen) atoms. The lowest BCUT2D eigenvalue weighted by Gasteiger charge is -2.33. The minimum atomic E-state index is -0.774. The van der Waals surface area contributed by atoms with E-state index in [1.165, 1.54) is 18.2 Å².